The van der Waals surface area contributed by atoms with Crippen LogP contribution in [0.5, 0.6) is 0 Å². The topological polar surface area (TPSA) is 71.0 Å². The Morgan fingerprint density at radius 3 is 2.70 bits per heavy atom. The molecule has 2 aliphatic heterocycles. The van der Waals surface area contributed by atoms with Crippen molar-refractivity contribution in [1.29, 1.82) is 0 Å². The lowest BCUT2D eigenvalue weighted by molar-refractivity contribution is -0.0254. The quantitative estimate of drug-likeness (QED) is 0.736. The van der Waals surface area contributed by atoms with Gasteiger partial charge in [-0.1, -0.05) is 13.8 Å². The molecule has 0 aliphatic carbocycles. The van der Waals surface area contributed by atoms with Gasteiger partial charge < -0.3 is 19.5 Å². The SMILES string of the molecule is Cc1cc(N2CCN(CC(O)COCC3CCCO3)CC2)nc(C(C)C)n1. The Morgan fingerprint density at radius 2 is 2.04 bits per heavy atom. The van der Waals surface area contributed by atoms with Gasteiger partial charge in [-0.25, -0.2) is 9.97 Å². The first-order valence-electron chi connectivity index (χ1n) is 10.2. The third kappa shape index (κ3) is 6.10. The zero-order valence-corrected chi connectivity index (χ0v) is 16.9. The van der Waals surface area contributed by atoms with Gasteiger partial charge in [0.15, 0.2) is 0 Å². The Hall–Kier alpha value is -1.28. The summed E-state index contributed by atoms with van der Waals surface area (Å²) in [5.74, 6) is 2.26. The molecule has 0 radical (unpaired) electrons. The average Bonchev–Trinajstić information content (AvgIpc) is 3.15. The number of anilines is 1. The number of ether oxygens (including phenoxy) is 2. The Bertz CT molecular complexity index is 585. The fourth-order valence-electron chi connectivity index (χ4n) is 3.62. The summed E-state index contributed by atoms with van der Waals surface area (Å²) in [6, 6.07) is 2.06. The minimum Gasteiger partial charge on any atom is -0.389 e. The maximum atomic E-state index is 10.3. The number of hydrogen-bond donors (Lipinski definition) is 1. The molecule has 2 saturated heterocycles. The van der Waals surface area contributed by atoms with Crippen molar-refractivity contribution in [2.45, 2.75) is 51.7 Å². The third-order valence-corrected chi connectivity index (χ3v) is 5.18. The highest BCUT2D eigenvalue weighted by Crippen LogP contribution is 2.19. The van der Waals surface area contributed by atoms with E-state index in [1.807, 2.05) is 6.92 Å². The van der Waals surface area contributed by atoms with E-state index in [0.717, 1.165) is 63.0 Å². The molecule has 0 spiro atoms. The van der Waals surface area contributed by atoms with Crippen LogP contribution in [-0.4, -0.2) is 84.7 Å². The number of aryl methyl sites for hydroxylation is 1. The summed E-state index contributed by atoms with van der Waals surface area (Å²) in [7, 11) is 0. The molecule has 0 amide bonds. The van der Waals surface area contributed by atoms with Crippen molar-refractivity contribution in [3.63, 3.8) is 0 Å². The van der Waals surface area contributed by atoms with E-state index in [0.29, 0.717) is 25.7 Å². The highest BCUT2D eigenvalue weighted by atomic mass is 16.5. The largest absolute Gasteiger partial charge is 0.389 e. The summed E-state index contributed by atoms with van der Waals surface area (Å²) in [5, 5.41) is 10.3. The molecular formula is C20H34N4O3. The Kier molecular flexibility index (Phi) is 7.41. The summed E-state index contributed by atoms with van der Waals surface area (Å²) < 4.78 is 11.2. The van der Waals surface area contributed by atoms with Gasteiger partial charge in [-0.2, -0.15) is 0 Å². The molecule has 3 rings (SSSR count). The molecule has 2 atom stereocenters. The number of rotatable bonds is 8. The van der Waals surface area contributed by atoms with Crippen LogP contribution in [0.3, 0.4) is 0 Å². The molecule has 7 heteroatoms. The Morgan fingerprint density at radius 1 is 1.26 bits per heavy atom. The predicted octanol–water partition coefficient (Wildman–Crippen LogP) is 1.59. The summed E-state index contributed by atoms with van der Waals surface area (Å²) >= 11 is 0. The average molecular weight is 379 g/mol. The number of nitrogens with zero attached hydrogens (tertiary/aromatic N) is 4. The van der Waals surface area contributed by atoms with Crippen LogP contribution >= 0.6 is 0 Å². The standard InChI is InChI=1S/C20H34N4O3/c1-15(2)20-21-16(3)11-19(22-20)24-8-6-23(7-9-24)12-17(25)13-26-14-18-5-4-10-27-18/h11,15,17-18,25H,4-10,12-14H2,1-3H3. The summed E-state index contributed by atoms with van der Waals surface area (Å²) in [4.78, 5) is 13.9. The van der Waals surface area contributed by atoms with Crippen molar-refractivity contribution in [2.75, 3.05) is 57.4 Å². The van der Waals surface area contributed by atoms with Gasteiger partial charge >= 0.3 is 0 Å². The van der Waals surface area contributed by atoms with E-state index in [1.54, 1.807) is 0 Å². The van der Waals surface area contributed by atoms with E-state index in [9.17, 15) is 5.11 Å². The van der Waals surface area contributed by atoms with Crippen LogP contribution in [0.2, 0.25) is 0 Å². The van der Waals surface area contributed by atoms with Crippen LogP contribution in [0.4, 0.5) is 5.82 Å². The fraction of sp³-hybridized carbons (Fsp3) is 0.800. The van der Waals surface area contributed by atoms with E-state index >= 15 is 0 Å². The maximum Gasteiger partial charge on any atom is 0.133 e. The Labute approximate surface area is 162 Å². The van der Waals surface area contributed by atoms with E-state index in [2.05, 4.69) is 34.7 Å². The van der Waals surface area contributed by atoms with Crippen molar-refractivity contribution in [3.05, 3.63) is 17.6 Å². The van der Waals surface area contributed by atoms with E-state index in [4.69, 9.17) is 14.5 Å². The van der Waals surface area contributed by atoms with Crippen molar-refractivity contribution >= 4 is 5.82 Å². The van der Waals surface area contributed by atoms with Crippen molar-refractivity contribution in [3.8, 4) is 0 Å². The van der Waals surface area contributed by atoms with Gasteiger partial charge in [0.1, 0.15) is 11.6 Å². The van der Waals surface area contributed by atoms with Crippen LogP contribution in [0, 0.1) is 6.92 Å². The van der Waals surface area contributed by atoms with Gasteiger partial charge in [-0.15, -0.1) is 0 Å². The first kappa shape index (κ1) is 20.5. The van der Waals surface area contributed by atoms with Crippen LogP contribution < -0.4 is 4.90 Å². The van der Waals surface area contributed by atoms with Gasteiger partial charge in [0.25, 0.3) is 0 Å². The molecule has 2 aliphatic rings. The van der Waals surface area contributed by atoms with Gasteiger partial charge in [0.2, 0.25) is 0 Å². The van der Waals surface area contributed by atoms with Crippen LogP contribution in [0.15, 0.2) is 6.07 Å². The lowest BCUT2D eigenvalue weighted by atomic mass is 10.2. The van der Waals surface area contributed by atoms with Crippen molar-refractivity contribution < 1.29 is 14.6 Å². The number of hydrogen-bond acceptors (Lipinski definition) is 7. The van der Waals surface area contributed by atoms with Crippen LogP contribution in [0.1, 0.15) is 44.1 Å². The minimum absolute atomic E-state index is 0.216. The van der Waals surface area contributed by atoms with Crippen molar-refractivity contribution in [1.82, 2.24) is 14.9 Å². The molecule has 1 aromatic rings. The molecule has 2 fully saturated rings. The van der Waals surface area contributed by atoms with Crippen molar-refractivity contribution in [2.24, 2.45) is 0 Å². The molecule has 0 saturated carbocycles. The highest BCUT2D eigenvalue weighted by Gasteiger charge is 2.22. The second-order valence-electron chi connectivity index (χ2n) is 7.99. The molecular weight excluding hydrogens is 344 g/mol. The van der Waals surface area contributed by atoms with E-state index in [-0.39, 0.29) is 6.10 Å². The first-order valence-corrected chi connectivity index (χ1v) is 10.2. The zero-order valence-electron chi connectivity index (χ0n) is 16.9. The Balaban J connectivity index is 1.40. The maximum absolute atomic E-state index is 10.3. The lowest BCUT2D eigenvalue weighted by Gasteiger charge is -2.36. The smallest absolute Gasteiger partial charge is 0.133 e. The highest BCUT2D eigenvalue weighted by molar-refractivity contribution is 5.40. The number of aliphatic hydroxyl groups is 1. The fourth-order valence-corrected chi connectivity index (χ4v) is 3.62. The molecule has 1 aromatic heterocycles. The second kappa shape index (κ2) is 9.78. The van der Waals surface area contributed by atoms with Gasteiger partial charge in [-0.05, 0) is 19.8 Å². The number of aliphatic hydroxyl groups excluding tert-OH is 1. The van der Waals surface area contributed by atoms with Gasteiger partial charge in [-0.3, -0.25) is 4.90 Å². The summed E-state index contributed by atoms with van der Waals surface area (Å²) in [5.41, 5.74) is 1.02. The minimum atomic E-state index is -0.452. The monoisotopic (exact) mass is 378 g/mol. The lowest BCUT2D eigenvalue weighted by Crippen LogP contribution is -2.49. The third-order valence-electron chi connectivity index (χ3n) is 5.18. The predicted molar refractivity (Wildman–Crippen MR) is 105 cm³/mol. The van der Waals surface area contributed by atoms with Gasteiger partial charge in [0, 0.05) is 57.0 Å². The van der Waals surface area contributed by atoms with Gasteiger partial charge in [0.05, 0.1) is 25.4 Å². The molecule has 2 unspecified atom stereocenters. The molecule has 7 nitrogen and oxygen atoms in total. The summed E-state index contributed by atoms with van der Waals surface area (Å²) in [6.45, 7) is 12.4. The molecule has 3 heterocycles. The number of piperazine rings is 1. The first-order chi connectivity index (χ1) is 13.0. The number of β-amino-alcohol motifs (C(OH)–C–C–N with tert-alkyl or cyclic N) is 1. The zero-order chi connectivity index (χ0) is 19.2. The molecule has 0 aromatic carbocycles. The summed E-state index contributed by atoms with van der Waals surface area (Å²) in [6.07, 6.45) is 1.95. The molecule has 27 heavy (non-hydrogen) atoms. The normalized spacial score (nSPS) is 22.6. The second-order valence-corrected chi connectivity index (χ2v) is 7.99. The van der Waals surface area contributed by atoms with Crippen LogP contribution in [-0.2, 0) is 9.47 Å². The molecule has 0 bridgehead atoms. The van der Waals surface area contributed by atoms with Crippen LogP contribution in [0.25, 0.3) is 0 Å². The van der Waals surface area contributed by atoms with E-state index in [1.165, 1.54) is 0 Å². The van der Waals surface area contributed by atoms with E-state index < -0.39 is 6.10 Å². The number of aromatic nitrogens is 2. The molecule has 1 N–H and O–H groups in total. The molecule has 152 valence electrons.